The highest BCUT2D eigenvalue weighted by atomic mass is 32.2. The third kappa shape index (κ3) is 12.0. The van der Waals surface area contributed by atoms with Gasteiger partial charge in [-0.25, -0.2) is 21.9 Å². The summed E-state index contributed by atoms with van der Waals surface area (Å²) in [5, 5.41) is 17.0. The molecular formula is C31H43F2N3O5S. The van der Waals surface area contributed by atoms with Gasteiger partial charge in [0.25, 0.3) is 0 Å². The largest absolute Gasteiger partial charge is 0.497 e. The van der Waals surface area contributed by atoms with E-state index in [0.717, 1.165) is 48.6 Å². The summed E-state index contributed by atoms with van der Waals surface area (Å²) in [6.45, 7) is 9.49. The minimum absolute atomic E-state index is 0.00884. The number of sulfonamides is 1. The highest BCUT2D eigenvalue weighted by Crippen LogP contribution is 2.20. The second kappa shape index (κ2) is 17.7. The van der Waals surface area contributed by atoms with Crippen molar-refractivity contribution in [2.24, 2.45) is 0 Å². The standard InChI is InChI=1S/C31H43F2N3O5S/c1-5-8-9-11-23-12-13-27(41-4)18-24(23)20-34-21-30(37)29(17-22-15-25(32)19-26(33)16-22)35-31(38)28(10-6-2)36-42(39,40)14-7-3/h5-6,12-13,15-16,18-19,28-30,34,36-37H,1-2,7-11,14,17,20-21H2,3-4H3,(H,35,38)/t28-,29-,30+/m0/s1. The monoisotopic (exact) mass is 607 g/mol. The number of aliphatic hydroxyl groups excluding tert-OH is 1. The Balaban J connectivity index is 2.22. The van der Waals surface area contributed by atoms with Crippen molar-refractivity contribution >= 4 is 15.9 Å². The first-order valence-corrected chi connectivity index (χ1v) is 15.7. The molecule has 0 spiro atoms. The molecule has 3 atom stereocenters. The summed E-state index contributed by atoms with van der Waals surface area (Å²) in [5.74, 6) is -1.74. The maximum absolute atomic E-state index is 13.9. The van der Waals surface area contributed by atoms with E-state index in [0.29, 0.717) is 18.7 Å². The van der Waals surface area contributed by atoms with Gasteiger partial charge in [0.1, 0.15) is 23.4 Å². The predicted molar refractivity (Wildman–Crippen MR) is 162 cm³/mol. The van der Waals surface area contributed by atoms with E-state index in [1.165, 1.54) is 6.08 Å². The molecule has 8 nitrogen and oxygen atoms in total. The molecule has 0 fully saturated rings. The van der Waals surface area contributed by atoms with E-state index in [2.05, 4.69) is 28.5 Å². The van der Waals surface area contributed by atoms with Crippen molar-refractivity contribution in [3.8, 4) is 5.75 Å². The molecule has 0 unspecified atom stereocenters. The summed E-state index contributed by atoms with van der Waals surface area (Å²) in [6, 6.07) is 6.62. The number of ether oxygens (including phenoxy) is 1. The van der Waals surface area contributed by atoms with Crippen LogP contribution in [0.25, 0.3) is 0 Å². The SMILES string of the molecule is C=CCCCc1ccc(OC)cc1CNC[C@@H](O)[C@H](Cc1cc(F)cc(F)c1)NC(=O)[C@H](CC=C)NS(=O)(=O)CCC. The van der Waals surface area contributed by atoms with Crippen LogP contribution in [0.1, 0.15) is 49.3 Å². The average Bonchev–Trinajstić information content (AvgIpc) is 2.92. The van der Waals surface area contributed by atoms with Crippen LogP contribution in [0.4, 0.5) is 8.78 Å². The summed E-state index contributed by atoms with van der Waals surface area (Å²) in [5.41, 5.74) is 2.32. The Morgan fingerprint density at radius 2 is 1.81 bits per heavy atom. The number of benzene rings is 2. The Hall–Kier alpha value is -3.12. The van der Waals surface area contributed by atoms with Crippen LogP contribution in [-0.2, 0) is 34.2 Å². The lowest BCUT2D eigenvalue weighted by atomic mass is 9.99. The molecule has 0 saturated carbocycles. The summed E-state index contributed by atoms with van der Waals surface area (Å²) >= 11 is 0. The Morgan fingerprint density at radius 1 is 1.10 bits per heavy atom. The summed E-state index contributed by atoms with van der Waals surface area (Å²) in [6.07, 6.45) is 4.99. The second-order valence-electron chi connectivity index (χ2n) is 10.1. The molecular weight excluding hydrogens is 564 g/mol. The van der Waals surface area contributed by atoms with Gasteiger partial charge in [-0.05, 0) is 79.5 Å². The lowest BCUT2D eigenvalue weighted by molar-refractivity contribution is -0.124. The molecule has 42 heavy (non-hydrogen) atoms. The minimum atomic E-state index is -3.74. The van der Waals surface area contributed by atoms with Gasteiger partial charge in [0.2, 0.25) is 15.9 Å². The van der Waals surface area contributed by atoms with Crippen LogP contribution in [0.5, 0.6) is 5.75 Å². The van der Waals surface area contributed by atoms with Crippen LogP contribution in [0.2, 0.25) is 0 Å². The first kappa shape index (κ1) is 35.1. The second-order valence-corrected chi connectivity index (χ2v) is 12.0. The zero-order valence-corrected chi connectivity index (χ0v) is 25.2. The smallest absolute Gasteiger partial charge is 0.238 e. The molecule has 0 aliphatic carbocycles. The third-order valence-electron chi connectivity index (χ3n) is 6.62. The Kier molecular flexibility index (Phi) is 14.8. The zero-order chi connectivity index (χ0) is 31.1. The predicted octanol–water partition coefficient (Wildman–Crippen LogP) is 3.93. The van der Waals surface area contributed by atoms with Gasteiger partial charge in [-0.2, -0.15) is 0 Å². The fourth-order valence-electron chi connectivity index (χ4n) is 4.54. The number of carbonyl (C=O) groups excluding carboxylic acids is 1. The van der Waals surface area contributed by atoms with Crippen LogP contribution >= 0.6 is 0 Å². The number of nitrogens with one attached hydrogen (secondary N) is 3. The third-order valence-corrected chi connectivity index (χ3v) is 8.21. The molecule has 11 heteroatoms. The van der Waals surface area contributed by atoms with E-state index in [4.69, 9.17) is 4.74 Å². The fourth-order valence-corrected chi connectivity index (χ4v) is 5.83. The maximum Gasteiger partial charge on any atom is 0.238 e. The quantitative estimate of drug-likeness (QED) is 0.134. The number of rotatable bonds is 20. The van der Waals surface area contributed by atoms with Gasteiger partial charge in [-0.3, -0.25) is 4.79 Å². The van der Waals surface area contributed by atoms with E-state index < -0.39 is 45.8 Å². The first-order valence-electron chi connectivity index (χ1n) is 14.0. The molecule has 0 radical (unpaired) electrons. The Morgan fingerprint density at radius 3 is 2.43 bits per heavy atom. The number of hydrogen-bond donors (Lipinski definition) is 4. The molecule has 0 aliphatic heterocycles. The highest BCUT2D eigenvalue weighted by molar-refractivity contribution is 7.89. The van der Waals surface area contributed by atoms with Gasteiger partial charge in [0.05, 0.1) is 25.0 Å². The van der Waals surface area contributed by atoms with Gasteiger partial charge in [0.15, 0.2) is 0 Å². The molecule has 1 amide bonds. The molecule has 0 bridgehead atoms. The van der Waals surface area contributed by atoms with Gasteiger partial charge in [-0.15, -0.1) is 13.2 Å². The van der Waals surface area contributed by atoms with Crippen LogP contribution in [0.15, 0.2) is 61.7 Å². The van der Waals surface area contributed by atoms with Crippen molar-refractivity contribution in [1.82, 2.24) is 15.4 Å². The summed E-state index contributed by atoms with van der Waals surface area (Å²) in [7, 11) is -2.15. The normalized spacial score (nSPS) is 13.6. The number of hydrogen-bond acceptors (Lipinski definition) is 6. The molecule has 2 rings (SSSR count). The number of methoxy groups -OCH3 is 1. The van der Waals surface area contributed by atoms with Crippen LogP contribution in [0.3, 0.4) is 0 Å². The average molecular weight is 608 g/mol. The Labute approximate surface area is 248 Å². The number of carbonyl (C=O) groups is 1. The molecule has 2 aromatic carbocycles. The van der Waals surface area contributed by atoms with Crippen molar-refractivity contribution in [2.45, 2.75) is 70.2 Å². The number of amides is 1. The lowest BCUT2D eigenvalue weighted by Gasteiger charge is -2.27. The first-order chi connectivity index (χ1) is 20.0. The number of allylic oxidation sites excluding steroid dienone is 1. The minimum Gasteiger partial charge on any atom is -0.497 e. The summed E-state index contributed by atoms with van der Waals surface area (Å²) in [4.78, 5) is 13.2. The van der Waals surface area contributed by atoms with Gasteiger partial charge in [0, 0.05) is 19.2 Å². The molecule has 0 heterocycles. The Bertz CT molecular complexity index is 1270. The lowest BCUT2D eigenvalue weighted by Crippen LogP contribution is -2.54. The number of aliphatic hydroxyl groups is 1. The number of aryl methyl sites for hydroxylation is 1. The van der Waals surface area contributed by atoms with Gasteiger partial charge in [-0.1, -0.05) is 25.1 Å². The maximum atomic E-state index is 13.9. The number of unbranched alkanes of at least 4 members (excludes halogenated alkanes) is 1. The van der Waals surface area contributed by atoms with Crippen molar-refractivity contribution in [1.29, 1.82) is 0 Å². The van der Waals surface area contributed by atoms with Crippen molar-refractivity contribution in [2.75, 3.05) is 19.4 Å². The van der Waals surface area contributed by atoms with E-state index >= 15 is 0 Å². The van der Waals surface area contributed by atoms with Crippen molar-refractivity contribution < 1.29 is 31.8 Å². The fraction of sp³-hybridized carbons (Fsp3) is 0.452. The van der Waals surface area contributed by atoms with Crippen molar-refractivity contribution in [3.05, 3.63) is 90.0 Å². The van der Waals surface area contributed by atoms with Crippen molar-refractivity contribution in [3.63, 3.8) is 0 Å². The number of halogens is 2. The van der Waals surface area contributed by atoms with Crippen LogP contribution in [0, 0.1) is 11.6 Å². The molecule has 0 aliphatic rings. The van der Waals surface area contributed by atoms with E-state index in [1.54, 1.807) is 14.0 Å². The van der Waals surface area contributed by atoms with Crippen LogP contribution < -0.4 is 20.1 Å². The summed E-state index contributed by atoms with van der Waals surface area (Å²) < 4.78 is 60.3. The van der Waals surface area contributed by atoms with E-state index in [9.17, 15) is 27.1 Å². The molecule has 2 aromatic rings. The molecule has 232 valence electrons. The van der Waals surface area contributed by atoms with Crippen LogP contribution in [-0.4, -0.2) is 57.0 Å². The molecule has 4 N–H and O–H groups in total. The van der Waals surface area contributed by atoms with E-state index in [-0.39, 0.29) is 30.7 Å². The topological polar surface area (TPSA) is 117 Å². The van der Waals surface area contributed by atoms with E-state index in [1.807, 2.05) is 24.3 Å². The molecule has 0 saturated heterocycles. The van der Waals surface area contributed by atoms with Gasteiger partial charge >= 0.3 is 0 Å². The highest BCUT2D eigenvalue weighted by Gasteiger charge is 2.28. The zero-order valence-electron chi connectivity index (χ0n) is 24.4. The van der Waals surface area contributed by atoms with Gasteiger partial charge < -0.3 is 20.5 Å². The molecule has 0 aromatic heterocycles.